The Labute approximate surface area is 85.8 Å². The van der Waals surface area contributed by atoms with Crippen molar-refractivity contribution in [2.24, 2.45) is 17.8 Å². The molecule has 2 heteroatoms. The molecule has 2 fully saturated rings. The van der Waals surface area contributed by atoms with Crippen LogP contribution in [-0.2, 0) is 4.79 Å². The average molecular weight is 193 g/mol. The fourth-order valence-electron chi connectivity index (χ4n) is 2.80. The molecule has 2 unspecified atom stereocenters. The summed E-state index contributed by atoms with van der Waals surface area (Å²) in [5.74, 6) is 2.12. The standard InChI is InChI=1S/C12H19NO/c1-2-3-8-13-12(14)11-9-6-4-5-7-10(9)11/h2,9-11H,1,3-8H2,(H,13,14). The van der Waals surface area contributed by atoms with Crippen molar-refractivity contribution in [3.05, 3.63) is 12.7 Å². The topological polar surface area (TPSA) is 29.1 Å². The Bertz CT molecular complexity index is 224. The van der Waals surface area contributed by atoms with Gasteiger partial charge < -0.3 is 5.32 Å². The molecule has 0 spiro atoms. The third kappa shape index (κ3) is 1.84. The molecule has 0 bridgehead atoms. The molecule has 1 N–H and O–H groups in total. The van der Waals surface area contributed by atoms with E-state index in [1.807, 2.05) is 6.08 Å². The zero-order chi connectivity index (χ0) is 9.97. The Morgan fingerprint density at radius 1 is 1.36 bits per heavy atom. The molecule has 78 valence electrons. The van der Waals surface area contributed by atoms with Crippen LogP contribution in [0.2, 0.25) is 0 Å². The molecule has 14 heavy (non-hydrogen) atoms. The zero-order valence-corrected chi connectivity index (χ0v) is 8.67. The van der Waals surface area contributed by atoms with Gasteiger partial charge in [-0.25, -0.2) is 0 Å². The number of nitrogens with one attached hydrogen (secondary N) is 1. The quantitative estimate of drug-likeness (QED) is 0.537. The van der Waals surface area contributed by atoms with Gasteiger partial charge in [-0.3, -0.25) is 4.79 Å². The molecule has 2 nitrogen and oxygen atoms in total. The second kappa shape index (κ2) is 4.16. The molecule has 2 aliphatic rings. The Kier molecular flexibility index (Phi) is 2.90. The van der Waals surface area contributed by atoms with Crippen LogP contribution in [0.5, 0.6) is 0 Å². The summed E-state index contributed by atoms with van der Waals surface area (Å²) in [6.07, 6.45) is 7.96. The highest BCUT2D eigenvalue weighted by atomic mass is 16.2. The third-order valence-electron chi connectivity index (χ3n) is 3.61. The lowest BCUT2D eigenvalue weighted by atomic mass is 10.0. The first-order valence-corrected chi connectivity index (χ1v) is 5.73. The molecular weight excluding hydrogens is 174 g/mol. The molecule has 0 aromatic heterocycles. The number of carbonyl (C=O) groups is 1. The predicted molar refractivity (Wildman–Crippen MR) is 56.8 cm³/mol. The number of hydrogen-bond donors (Lipinski definition) is 1. The summed E-state index contributed by atoms with van der Waals surface area (Å²) in [6.45, 7) is 4.40. The minimum absolute atomic E-state index is 0.295. The molecule has 0 heterocycles. The number of fused-ring (bicyclic) bond motifs is 1. The van der Waals surface area contributed by atoms with Crippen molar-refractivity contribution in [1.82, 2.24) is 5.32 Å². The van der Waals surface area contributed by atoms with Crippen LogP contribution in [0.4, 0.5) is 0 Å². The first kappa shape index (κ1) is 9.75. The van der Waals surface area contributed by atoms with Gasteiger partial charge in [0.2, 0.25) is 5.91 Å². The second-order valence-electron chi connectivity index (χ2n) is 4.51. The van der Waals surface area contributed by atoms with Crippen molar-refractivity contribution in [1.29, 1.82) is 0 Å². The molecule has 2 aliphatic carbocycles. The SMILES string of the molecule is C=CCCNC(=O)C1C2CCCCC21. The molecular formula is C12H19NO. The number of amides is 1. The van der Waals surface area contributed by atoms with E-state index in [9.17, 15) is 4.79 Å². The van der Waals surface area contributed by atoms with Crippen LogP contribution in [0.3, 0.4) is 0 Å². The van der Waals surface area contributed by atoms with Crippen LogP contribution >= 0.6 is 0 Å². The van der Waals surface area contributed by atoms with Gasteiger partial charge in [0.25, 0.3) is 0 Å². The Morgan fingerprint density at radius 2 is 2.00 bits per heavy atom. The summed E-state index contributed by atoms with van der Waals surface area (Å²) in [4.78, 5) is 11.7. The van der Waals surface area contributed by atoms with E-state index in [0.29, 0.717) is 11.8 Å². The highest BCUT2D eigenvalue weighted by molar-refractivity contribution is 5.82. The van der Waals surface area contributed by atoms with Crippen molar-refractivity contribution >= 4 is 5.91 Å². The lowest BCUT2D eigenvalue weighted by Gasteiger charge is -2.04. The van der Waals surface area contributed by atoms with Gasteiger partial charge in [-0.05, 0) is 31.1 Å². The smallest absolute Gasteiger partial charge is 0.223 e. The summed E-state index contributed by atoms with van der Waals surface area (Å²) in [6, 6.07) is 0. The van der Waals surface area contributed by atoms with Gasteiger partial charge in [-0.2, -0.15) is 0 Å². The van der Waals surface area contributed by atoms with Gasteiger partial charge >= 0.3 is 0 Å². The molecule has 2 atom stereocenters. The van der Waals surface area contributed by atoms with Gasteiger partial charge in [0, 0.05) is 12.5 Å². The summed E-state index contributed by atoms with van der Waals surface area (Å²) in [7, 11) is 0. The summed E-state index contributed by atoms with van der Waals surface area (Å²) >= 11 is 0. The highest BCUT2D eigenvalue weighted by Gasteiger charge is 2.54. The number of rotatable bonds is 4. The van der Waals surface area contributed by atoms with Gasteiger partial charge in [-0.1, -0.05) is 18.9 Å². The fourth-order valence-corrected chi connectivity index (χ4v) is 2.80. The maximum absolute atomic E-state index is 11.7. The summed E-state index contributed by atoms with van der Waals surface area (Å²) in [5.41, 5.74) is 0. The third-order valence-corrected chi connectivity index (χ3v) is 3.61. The monoisotopic (exact) mass is 193 g/mol. The van der Waals surface area contributed by atoms with Crippen LogP contribution in [-0.4, -0.2) is 12.5 Å². The Hall–Kier alpha value is -0.790. The van der Waals surface area contributed by atoms with E-state index in [1.165, 1.54) is 25.7 Å². The molecule has 0 radical (unpaired) electrons. The van der Waals surface area contributed by atoms with E-state index in [1.54, 1.807) is 0 Å². The van der Waals surface area contributed by atoms with Gasteiger partial charge in [0.05, 0.1) is 0 Å². The fraction of sp³-hybridized carbons (Fsp3) is 0.750. The minimum Gasteiger partial charge on any atom is -0.356 e. The molecule has 2 saturated carbocycles. The zero-order valence-electron chi connectivity index (χ0n) is 8.67. The van der Waals surface area contributed by atoms with Crippen molar-refractivity contribution in [2.45, 2.75) is 32.1 Å². The molecule has 0 saturated heterocycles. The van der Waals surface area contributed by atoms with E-state index in [-0.39, 0.29) is 0 Å². The lowest BCUT2D eigenvalue weighted by molar-refractivity contribution is -0.122. The van der Waals surface area contributed by atoms with Crippen LogP contribution < -0.4 is 5.32 Å². The van der Waals surface area contributed by atoms with Crippen LogP contribution in [0.25, 0.3) is 0 Å². The number of carbonyl (C=O) groups excluding carboxylic acids is 1. The maximum Gasteiger partial charge on any atom is 0.223 e. The molecule has 1 amide bonds. The average Bonchev–Trinajstić information content (AvgIpc) is 2.92. The van der Waals surface area contributed by atoms with Gasteiger partial charge in [0.1, 0.15) is 0 Å². The van der Waals surface area contributed by atoms with E-state index in [0.717, 1.165) is 24.8 Å². The molecule has 2 rings (SSSR count). The van der Waals surface area contributed by atoms with E-state index >= 15 is 0 Å². The van der Waals surface area contributed by atoms with Crippen molar-refractivity contribution in [2.75, 3.05) is 6.54 Å². The van der Waals surface area contributed by atoms with Crippen molar-refractivity contribution in [3.8, 4) is 0 Å². The molecule has 0 aliphatic heterocycles. The van der Waals surface area contributed by atoms with Crippen LogP contribution in [0.1, 0.15) is 32.1 Å². The summed E-state index contributed by atoms with van der Waals surface area (Å²) in [5, 5.41) is 2.99. The maximum atomic E-state index is 11.7. The first-order valence-electron chi connectivity index (χ1n) is 5.73. The lowest BCUT2D eigenvalue weighted by Crippen LogP contribution is -2.26. The van der Waals surface area contributed by atoms with Crippen molar-refractivity contribution in [3.63, 3.8) is 0 Å². The molecule has 0 aromatic carbocycles. The second-order valence-corrected chi connectivity index (χ2v) is 4.51. The van der Waals surface area contributed by atoms with E-state index in [4.69, 9.17) is 0 Å². The molecule has 0 aromatic rings. The Balaban J connectivity index is 1.74. The normalized spacial score (nSPS) is 34.4. The van der Waals surface area contributed by atoms with Crippen molar-refractivity contribution < 1.29 is 4.79 Å². The van der Waals surface area contributed by atoms with E-state index < -0.39 is 0 Å². The van der Waals surface area contributed by atoms with E-state index in [2.05, 4.69) is 11.9 Å². The predicted octanol–water partition coefficient (Wildman–Crippen LogP) is 2.11. The largest absolute Gasteiger partial charge is 0.356 e. The Morgan fingerprint density at radius 3 is 2.57 bits per heavy atom. The summed E-state index contributed by atoms with van der Waals surface area (Å²) < 4.78 is 0. The van der Waals surface area contributed by atoms with Gasteiger partial charge in [-0.15, -0.1) is 6.58 Å². The van der Waals surface area contributed by atoms with Gasteiger partial charge in [0.15, 0.2) is 0 Å². The van der Waals surface area contributed by atoms with Crippen LogP contribution in [0, 0.1) is 17.8 Å². The van der Waals surface area contributed by atoms with Crippen LogP contribution in [0.15, 0.2) is 12.7 Å². The first-order chi connectivity index (χ1) is 6.84. The highest BCUT2D eigenvalue weighted by Crippen LogP contribution is 2.55. The minimum atomic E-state index is 0.295. The number of hydrogen-bond acceptors (Lipinski definition) is 1.